The third-order valence-corrected chi connectivity index (χ3v) is 6.52. The Hall–Kier alpha value is -4.99. The van der Waals surface area contributed by atoms with Crippen molar-refractivity contribution in [2.24, 2.45) is 4.99 Å². The topological polar surface area (TPSA) is 120 Å². The quantitative estimate of drug-likeness (QED) is 0.512. The molecule has 10 nitrogen and oxygen atoms in total. The molecule has 10 heteroatoms. The van der Waals surface area contributed by atoms with Gasteiger partial charge in [-0.2, -0.15) is 0 Å². The summed E-state index contributed by atoms with van der Waals surface area (Å²) in [6.45, 7) is -0.0490. The number of carbonyl (C=O) groups excluding carboxylic acids is 4. The molecular weight excluding hydrogens is 498 g/mol. The van der Waals surface area contributed by atoms with E-state index in [4.69, 9.17) is 9.73 Å². The lowest BCUT2D eigenvalue weighted by atomic mass is 10.0. The summed E-state index contributed by atoms with van der Waals surface area (Å²) in [4.78, 5) is 59.4. The number of likely N-dealkylation sites (tertiary alicyclic amines) is 1. The molecule has 198 valence electrons. The minimum atomic E-state index is -1.35. The highest BCUT2D eigenvalue weighted by Gasteiger charge is 2.36. The molecule has 2 aliphatic rings. The molecule has 0 radical (unpaired) electrons. The first-order chi connectivity index (χ1) is 18.9. The van der Waals surface area contributed by atoms with E-state index < -0.39 is 24.0 Å². The number of urea groups is 1. The molecule has 5 rings (SSSR count). The van der Waals surface area contributed by atoms with Crippen LogP contribution in [0, 0.1) is 0 Å². The van der Waals surface area contributed by atoms with Gasteiger partial charge in [-0.05, 0) is 24.6 Å². The summed E-state index contributed by atoms with van der Waals surface area (Å²) in [7, 11) is 1.52. The predicted octanol–water partition coefficient (Wildman–Crippen LogP) is 3.18. The predicted molar refractivity (Wildman–Crippen MR) is 146 cm³/mol. The molecule has 1 fully saturated rings. The number of rotatable bonds is 6. The van der Waals surface area contributed by atoms with Crippen molar-refractivity contribution < 1.29 is 23.9 Å². The van der Waals surface area contributed by atoms with Crippen molar-refractivity contribution in [2.75, 3.05) is 30.4 Å². The van der Waals surface area contributed by atoms with Gasteiger partial charge in [0.15, 0.2) is 0 Å². The smallest absolute Gasteiger partial charge is 0.321 e. The number of anilines is 2. The molecule has 2 aliphatic heterocycles. The summed E-state index contributed by atoms with van der Waals surface area (Å²) in [6, 6.07) is 22.5. The molecule has 0 aliphatic carbocycles. The highest BCUT2D eigenvalue weighted by molar-refractivity contribution is 6.21. The van der Waals surface area contributed by atoms with Crippen LogP contribution in [0.4, 0.5) is 16.2 Å². The number of methoxy groups -OCH3 is 1. The lowest BCUT2D eigenvalue weighted by Gasteiger charge is -2.26. The first-order valence-electron chi connectivity index (χ1n) is 12.5. The van der Waals surface area contributed by atoms with Crippen molar-refractivity contribution in [2.45, 2.75) is 19.0 Å². The van der Waals surface area contributed by atoms with E-state index in [0.717, 1.165) is 5.56 Å². The van der Waals surface area contributed by atoms with Crippen molar-refractivity contribution in [3.63, 3.8) is 0 Å². The maximum absolute atomic E-state index is 13.9. The number of nitrogens with one attached hydrogen (secondary N) is 2. The van der Waals surface area contributed by atoms with Crippen molar-refractivity contribution in [3.05, 3.63) is 90.0 Å². The fourth-order valence-corrected chi connectivity index (χ4v) is 4.64. The normalized spacial score (nSPS) is 16.7. The van der Waals surface area contributed by atoms with Crippen LogP contribution in [0.3, 0.4) is 0 Å². The van der Waals surface area contributed by atoms with E-state index in [0.29, 0.717) is 47.8 Å². The van der Waals surface area contributed by atoms with Crippen molar-refractivity contribution in [3.8, 4) is 5.75 Å². The second-order valence-electron chi connectivity index (χ2n) is 9.06. The molecule has 1 atom stereocenters. The summed E-state index contributed by atoms with van der Waals surface area (Å²) >= 11 is 0. The fourth-order valence-electron chi connectivity index (χ4n) is 4.64. The Kier molecular flexibility index (Phi) is 7.35. The number of fused-ring (bicyclic) bond motifs is 1. The average Bonchev–Trinajstić information content (AvgIpc) is 3.35. The molecular formula is C29H27N5O5. The molecule has 2 heterocycles. The van der Waals surface area contributed by atoms with E-state index in [9.17, 15) is 19.2 Å². The van der Waals surface area contributed by atoms with Crippen LogP contribution in [0.15, 0.2) is 83.9 Å². The third kappa shape index (κ3) is 5.49. The second kappa shape index (κ2) is 11.2. The van der Waals surface area contributed by atoms with Crippen LogP contribution in [-0.2, 0) is 14.4 Å². The number of amides is 5. The van der Waals surface area contributed by atoms with Crippen LogP contribution in [0.1, 0.15) is 24.0 Å². The second-order valence-corrected chi connectivity index (χ2v) is 9.06. The van der Waals surface area contributed by atoms with E-state index in [1.165, 1.54) is 16.9 Å². The molecule has 2 N–H and O–H groups in total. The van der Waals surface area contributed by atoms with Crippen LogP contribution in [0.25, 0.3) is 0 Å². The number of nitrogens with zero attached hydrogens (tertiary/aromatic N) is 3. The number of carbonyl (C=O) groups is 4. The van der Waals surface area contributed by atoms with Crippen molar-refractivity contribution in [1.82, 2.24) is 10.2 Å². The highest BCUT2D eigenvalue weighted by atomic mass is 16.5. The Labute approximate surface area is 225 Å². The molecule has 3 aromatic carbocycles. The van der Waals surface area contributed by atoms with Crippen LogP contribution in [-0.4, -0.2) is 60.7 Å². The summed E-state index contributed by atoms with van der Waals surface area (Å²) < 4.78 is 5.21. The largest absolute Gasteiger partial charge is 0.497 e. The van der Waals surface area contributed by atoms with Gasteiger partial charge in [-0.25, -0.2) is 9.79 Å². The average molecular weight is 526 g/mol. The maximum atomic E-state index is 13.9. The van der Waals surface area contributed by atoms with E-state index in [-0.39, 0.29) is 12.5 Å². The van der Waals surface area contributed by atoms with Gasteiger partial charge in [0.05, 0.1) is 18.5 Å². The Balaban J connectivity index is 1.51. The fraction of sp³-hybridized carbons (Fsp3) is 0.207. The Morgan fingerprint density at radius 3 is 2.51 bits per heavy atom. The Bertz CT molecular complexity index is 1460. The van der Waals surface area contributed by atoms with Gasteiger partial charge < -0.3 is 15.4 Å². The van der Waals surface area contributed by atoms with Gasteiger partial charge in [-0.3, -0.25) is 24.2 Å². The summed E-state index contributed by atoms with van der Waals surface area (Å²) in [5, 5.41) is 5.35. The minimum absolute atomic E-state index is 0.260. The number of benzodiazepines with no additional fused rings is 1. The summed E-state index contributed by atoms with van der Waals surface area (Å²) in [5.74, 6) is -0.791. The minimum Gasteiger partial charge on any atom is -0.497 e. The first kappa shape index (κ1) is 25.7. The number of hydrogen-bond acceptors (Lipinski definition) is 6. The molecule has 5 amide bonds. The van der Waals surface area contributed by atoms with E-state index in [1.54, 1.807) is 36.4 Å². The lowest BCUT2D eigenvalue weighted by Crippen LogP contribution is -2.51. The van der Waals surface area contributed by atoms with Gasteiger partial charge in [-0.15, -0.1) is 0 Å². The molecule has 0 saturated carbocycles. The van der Waals surface area contributed by atoms with E-state index >= 15 is 0 Å². The number of para-hydroxylation sites is 1. The van der Waals surface area contributed by atoms with Gasteiger partial charge in [0.25, 0.3) is 5.91 Å². The number of hydrogen-bond donors (Lipinski definition) is 2. The van der Waals surface area contributed by atoms with Gasteiger partial charge >= 0.3 is 6.03 Å². The first-order valence-corrected chi connectivity index (χ1v) is 12.5. The van der Waals surface area contributed by atoms with Crippen LogP contribution >= 0.6 is 0 Å². The van der Waals surface area contributed by atoms with Crippen LogP contribution < -0.4 is 20.3 Å². The molecule has 0 aromatic heterocycles. The summed E-state index contributed by atoms with van der Waals surface area (Å²) in [5.41, 5.74) is 2.76. The zero-order valence-corrected chi connectivity index (χ0v) is 21.3. The zero-order chi connectivity index (χ0) is 27.4. The van der Waals surface area contributed by atoms with Gasteiger partial charge in [-0.1, -0.05) is 54.6 Å². The molecule has 0 bridgehead atoms. The van der Waals surface area contributed by atoms with E-state index in [2.05, 4.69) is 10.6 Å². The van der Waals surface area contributed by atoms with Crippen LogP contribution in [0.2, 0.25) is 0 Å². The third-order valence-electron chi connectivity index (χ3n) is 6.52. The standard InChI is InChI=1S/C29H27N5O5/c1-39-21-12-7-11-20(17-21)30-29(38)32-27-28(37)34(18-25(36)33-16-8-15-24(33)35)23-14-6-5-13-22(23)26(31-27)19-9-3-2-4-10-19/h2-7,9-14,17,27H,8,15-16,18H2,1H3,(H2,30,32,38). The molecule has 1 unspecified atom stereocenters. The SMILES string of the molecule is COc1cccc(NC(=O)NC2N=C(c3ccccc3)c3ccccc3N(CC(=O)N3CCCC3=O)C2=O)c1. The summed E-state index contributed by atoms with van der Waals surface area (Å²) in [6.07, 6.45) is -0.461. The van der Waals surface area contributed by atoms with Crippen LogP contribution in [0.5, 0.6) is 5.75 Å². The number of benzene rings is 3. The van der Waals surface area contributed by atoms with Crippen molar-refractivity contribution >= 4 is 40.8 Å². The van der Waals surface area contributed by atoms with E-state index in [1.807, 2.05) is 42.5 Å². The van der Waals surface area contributed by atoms with Gasteiger partial charge in [0.2, 0.25) is 18.0 Å². The Morgan fingerprint density at radius 2 is 1.77 bits per heavy atom. The van der Waals surface area contributed by atoms with Gasteiger partial charge in [0.1, 0.15) is 12.3 Å². The Morgan fingerprint density at radius 1 is 1.00 bits per heavy atom. The molecule has 0 spiro atoms. The maximum Gasteiger partial charge on any atom is 0.321 e. The number of aliphatic imine (C=N–C) groups is 1. The van der Waals surface area contributed by atoms with Gasteiger partial charge in [0, 0.05) is 35.8 Å². The molecule has 1 saturated heterocycles. The van der Waals surface area contributed by atoms with Crippen molar-refractivity contribution in [1.29, 1.82) is 0 Å². The molecule has 3 aromatic rings. The number of imide groups is 1. The molecule has 39 heavy (non-hydrogen) atoms. The lowest BCUT2D eigenvalue weighted by molar-refractivity contribution is -0.141. The highest BCUT2D eigenvalue weighted by Crippen LogP contribution is 2.29. The number of ether oxygens (including phenoxy) is 1. The monoisotopic (exact) mass is 525 g/mol. The zero-order valence-electron chi connectivity index (χ0n) is 21.3.